The van der Waals surface area contributed by atoms with Crippen molar-refractivity contribution in [2.75, 3.05) is 109 Å². The Labute approximate surface area is 781 Å². The predicted octanol–water partition coefficient (Wildman–Crippen LogP) is 20.9. The number of nitrogens with one attached hydrogen (secondary N) is 14. The topological polar surface area (TPSA) is 365 Å². The van der Waals surface area contributed by atoms with Gasteiger partial charge in [-0.15, -0.1) is 0 Å². The molecule has 0 unspecified atom stereocenters. The Kier molecular flexibility index (Phi) is 28.9. The third kappa shape index (κ3) is 23.1. The van der Waals surface area contributed by atoms with Gasteiger partial charge in [-0.2, -0.15) is 53.5 Å². The number of alkyl halides is 3. The molecule has 3 saturated carbocycles. The van der Waals surface area contributed by atoms with Gasteiger partial charge < -0.3 is 63.0 Å². The van der Waals surface area contributed by atoms with Crippen LogP contribution < -0.4 is 53.2 Å². The van der Waals surface area contributed by atoms with Crippen molar-refractivity contribution in [3.63, 3.8) is 0 Å². The lowest BCUT2D eigenvalue weighted by Crippen LogP contribution is -2.50. The van der Waals surface area contributed by atoms with Crippen molar-refractivity contribution in [3.05, 3.63) is 208 Å². The van der Waals surface area contributed by atoms with Crippen LogP contribution in [0.15, 0.2) is 97.6 Å². The maximum atomic E-state index is 15.2. The second kappa shape index (κ2) is 40.8. The molecule has 7 fully saturated rings. The van der Waals surface area contributed by atoms with E-state index in [9.17, 15) is 18.0 Å². The average Bonchev–Trinajstić information content (AvgIpc) is 1.60. The van der Waals surface area contributed by atoms with E-state index in [1.54, 1.807) is 37.5 Å². The molecule has 0 atom stereocenters. The van der Waals surface area contributed by atoms with Crippen LogP contribution in [0, 0.1) is 75.1 Å². The molecule has 0 radical (unpaired) electrons. The van der Waals surface area contributed by atoms with Crippen LogP contribution in [0.3, 0.4) is 0 Å². The molecule has 3 aliphatic carbocycles. The van der Waals surface area contributed by atoms with Crippen LogP contribution >= 0.6 is 34.8 Å². The minimum absolute atomic E-state index is 0.0740. The lowest BCUT2D eigenvalue weighted by atomic mass is 9.85. The average molecular weight is 1860 g/mol. The summed E-state index contributed by atoms with van der Waals surface area (Å²) in [4.78, 5) is 54.3. The third-order valence-corrected chi connectivity index (χ3v) is 26.8. The lowest BCUT2D eigenvalue weighted by Gasteiger charge is -2.36. The van der Waals surface area contributed by atoms with Crippen LogP contribution in [0.1, 0.15) is 209 Å². The molecule has 8 aromatic heterocycles. The highest BCUT2D eigenvalue weighted by Gasteiger charge is 2.54. The van der Waals surface area contributed by atoms with E-state index in [1.807, 2.05) is 75.9 Å². The molecule has 12 heterocycles. The zero-order valence-corrected chi connectivity index (χ0v) is 78.8. The molecule has 0 spiro atoms. The highest BCUT2D eigenvalue weighted by Crippen LogP contribution is 2.46. The number of halogens is 7. The molecular weight excluding hydrogens is 1750 g/mol. The Morgan fingerprint density at radius 3 is 1.12 bits per heavy atom. The molecule has 4 aliphatic heterocycles. The number of likely N-dealkylation sites (N-methyl/N-ethyl adjacent to an activating group) is 1. The summed E-state index contributed by atoms with van der Waals surface area (Å²) >= 11 is 18.9. The number of rotatable bonds is 24. The Morgan fingerprint density at radius 1 is 0.402 bits per heavy atom. The predicted molar refractivity (Wildman–Crippen MR) is 514 cm³/mol. The van der Waals surface area contributed by atoms with E-state index in [1.165, 1.54) is 110 Å². The van der Waals surface area contributed by atoms with Gasteiger partial charge in [-0.05, 0) is 328 Å². The van der Waals surface area contributed by atoms with Gasteiger partial charge in [-0.3, -0.25) is 30.1 Å². The van der Waals surface area contributed by atoms with Gasteiger partial charge in [-0.25, -0.2) is 24.3 Å². The van der Waals surface area contributed by atoms with Gasteiger partial charge in [0, 0.05) is 95.3 Å². The maximum Gasteiger partial charge on any atom is 0.421 e. The summed E-state index contributed by atoms with van der Waals surface area (Å²) in [7, 11) is 3.96. The molecule has 4 aromatic carbocycles. The van der Waals surface area contributed by atoms with Gasteiger partial charge in [0.1, 0.15) is 37.8 Å². The van der Waals surface area contributed by atoms with Gasteiger partial charge >= 0.3 is 6.18 Å². The molecule has 0 bridgehead atoms. The number of H-pyrrole nitrogens is 4. The second-order valence-corrected chi connectivity index (χ2v) is 37.5. The van der Waals surface area contributed by atoms with Crippen LogP contribution in [-0.4, -0.2) is 179 Å². The normalized spacial score (nSPS) is 16.7. The second-order valence-electron chi connectivity index (χ2n) is 36.3. The Balaban J connectivity index is 0.000000129. The quantitative estimate of drug-likeness (QED) is 0.0250. The van der Waals surface area contributed by atoms with E-state index < -0.39 is 11.7 Å². The highest BCUT2D eigenvalue weighted by atomic mass is 35.5. The molecule has 12 aromatic rings. The van der Waals surface area contributed by atoms with Crippen LogP contribution in [-0.2, 0) is 11.0 Å². The lowest BCUT2D eigenvalue weighted by molar-refractivity contribution is -0.139. The van der Waals surface area contributed by atoms with Crippen molar-refractivity contribution >= 4 is 134 Å². The van der Waals surface area contributed by atoms with Crippen molar-refractivity contribution in [2.24, 2.45) is 0 Å². The number of likely N-dealkylation sites (tertiary alicyclic amines) is 2. The number of anilines is 16. The molecule has 132 heavy (non-hydrogen) atoms. The van der Waals surface area contributed by atoms with Crippen molar-refractivity contribution < 1.29 is 22.4 Å². The van der Waals surface area contributed by atoms with E-state index in [2.05, 4.69) is 204 Å². The summed E-state index contributed by atoms with van der Waals surface area (Å²) in [6.45, 7) is 28.3. The fraction of sp³-hybridized carbons (Fsp3) is 0.442. The number of hydrogen-bond donors (Lipinski definition) is 14. The number of nitrogens with zero attached hydrogens (tertiary/aromatic N) is 15. The Hall–Kier alpha value is -11.7. The summed E-state index contributed by atoms with van der Waals surface area (Å²) in [6.07, 6.45) is 16.7. The first-order valence-electron chi connectivity index (χ1n) is 45.4. The number of piperidine rings is 4. The molecule has 1 amide bonds. The zero-order chi connectivity index (χ0) is 92.8. The van der Waals surface area contributed by atoms with Gasteiger partial charge in [0.05, 0.1) is 24.3 Å². The first kappa shape index (κ1) is 93.6. The standard InChI is InChI=1S/C26H32ClFN8O.C26H32ClN7.C22H26F3N7.C21H26ClN7/c1-15-11-21(30-25-29-14-19(27)23(32-25)31-22-12-16(2)33-34-22)20(28)13-18(15)17-5-9-36(10-6-17)24(37)26(7-8-26)35(3)4;1-15-12-22(16(2)11-20(15)17-7-9-34(10-8-17)19-5-6-19)29-26-28-14-21(27)25(31-26)30-24-13-23(32-33-24)18-3-4-18;1-12-9-18(13(2)8-16(12)15-4-6-26-7-5-15)28-21-27-11-17(22(23,24)25)20(30-21)29-19-10-14(3)31-32-19;1-12-9-18(13(2)8-16(12)15-4-6-23-7-5-15)25-21-24-11-17(22)20(27-21)26-19-10-14(3)28-29-19/h11-14,17H,5-10H2,1-4H3,(H3,29,30,31,32,33,34);11-14,17-19H,3-10H2,1-2H3,(H3,28,29,30,31,32,33);8-11,15,26H,4-7H2,1-3H3,(H3,27,28,29,30,31,32);8-11,15,23H,4-7H2,1-3H3,(H3,24,25,26,27,28,29). The number of benzene rings is 4. The van der Waals surface area contributed by atoms with Crippen LogP contribution in [0.25, 0.3) is 0 Å². The van der Waals surface area contributed by atoms with E-state index in [-0.39, 0.29) is 46.7 Å². The summed E-state index contributed by atoms with van der Waals surface area (Å²) < 4.78 is 55.7. The number of aryl methyl sites for hydroxylation is 10. The molecule has 696 valence electrons. The monoisotopic (exact) mass is 1860 g/mol. The minimum atomic E-state index is -4.60. The SMILES string of the molecule is Cc1cc(C2CCN(C3CC3)CC2)c(C)cc1Nc1ncc(Cl)c(Nc2cc(C3CC3)[nH]n2)n1.Cc1cc(Nc2nc(Nc3cc(C)c(C4CCN(C(=O)C5(N(C)C)CC5)CC4)cc3F)ncc2Cl)n[nH]1.Cc1cc(Nc2nc(Nc3cc(C)c(C4CCNCC4)cc3C)ncc2C(F)(F)F)n[nH]1.Cc1cc(Nc2nc(Nc3cc(C)c(C4CCNCC4)cc3C)ncc2Cl)n[nH]1. The van der Waals surface area contributed by atoms with E-state index in [0.29, 0.717) is 104 Å². The Morgan fingerprint density at radius 2 is 0.750 bits per heavy atom. The van der Waals surface area contributed by atoms with Crippen molar-refractivity contribution in [2.45, 2.75) is 206 Å². The van der Waals surface area contributed by atoms with Crippen molar-refractivity contribution in [1.82, 2.24) is 106 Å². The highest BCUT2D eigenvalue weighted by molar-refractivity contribution is 6.33. The number of amides is 1. The minimum Gasteiger partial charge on any atom is -0.341 e. The first-order chi connectivity index (χ1) is 63.4. The van der Waals surface area contributed by atoms with E-state index >= 15 is 4.39 Å². The number of carbonyl (C=O) groups is 1. The van der Waals surface area contributed by atoms with Crippen LogP contribution in [0.4, 0.5) is 111 Å². The summed E-state index contributed by atoms with van der Waals surface area (Å²) in [5, 5.41) is 61.0. The number of hydrogen-bond acceptors (Lipinski definition) is 25. The summed E-state index contributed by atoms with van der Waals surface area (Å²) in [5.74, 6) is 7.01. The first-order valence-corrected chi connectivity index (χ1v) is 46.6. The maximum absolute atomic E-state index is 15.2. The van der Waals surface area contributed by atoms with Gasteiger partial charge in [0.2, 0.25) is 29.7 Å². The van der Waals surface area contributed by atoms with Crippen molar-refractivity contribution in [3.8, 4) is 0 Å². The van der Waals surface area contributed by atoms with Crippen molar-refractivity contribution in [1.29, 1.82) is 0 Å². The molecule has 7 aliphatic rings. The summed E-state index contributed by atoms with van der Waals surface area (Å²) in [5.41, 5.74) is 18.9. The molecule has 14 N–H and O–H groups in total. The molecule has 19 rings (SSSR count). The van der Waals surface area contributed by atoms with Gasteiger partial charge in [-0.1, -0.05) is 53.0 Å². The largest absolute Gasteiger partial charge is 0.421 e. The van der Waals surface area contributed by atoms with E-state index in [0.717, 1.165) is 139 Å². The van der Waals surface area contributed by atoms with E-state index in [4.69, 9.17) is 34.8 Å². The fourth-order valence-electron chi connectivity index (χ4n) is 18.1. The summed E-state index contributed by atoms with van der Waals surface area (Å²) in [6, 6.07) is 24.9. The molecule has 37 heteroatoms. The number of aromatic nitrogens is 16. The number of carbonyl (C=O) groups excluding carboxylic acids is 1. The van der Waals surface area contributed by atoms with Gasteiger partial charge in [0.25, 0.3) is 0 Å². The smallest absolute Gasteiger partial charge is 0.341 e. The van der Waals surface area contributed by atoms with Crippen LogP contribution in [0.5, 0.6) is 0 Å². The van der Waals surface area contributed by atoms with Crippen LogP contribution in [0.2, 0.25) is 15.1 Å². The molecular formula is C95H116Cl3F4N29O. The Bertz CT molecular complexity index is 6070. The molecule has 4 saturated heterocycles. The number of aromatic amines is 4. The zero-order valence-electron chi connectivity index (χ0n) is 76.5. The third-order valence-electron chi connectivity index (χ3n) is 26.0. The molecule has 30 nitrogen and oxygen atoms in total. The van der Waals surface area contributed by atoms with Gasteiger partial charge in [0.15, 0.2) is 40.7 Å². The fourth-order valence-corrected chi connectivity index (χ4v) is 18.5.